The highest BCUT2D eigenvalue weighted by Crippen LogP contribution is 2.30. The maximum Gasteiger partial charge on any atom is 0.149 e. The Morgan fingerprint density at radius 1 is 1.14 bits per heavy atom. The molecule has 0 saturated carbocycles. The number of hydrogen-bond donors (Lipinski definition) is 1. The van der Waals surface area contributed by atoms with Gasteiger partial charge >= 0.3 is 0 Å². The molecule has 2 heteroatoms. The number of aryl methyl sites for hydroxylation is 1. The Morgan fingerprint density at radius 2 is 2.00 bits per heavy atom. The Kier molecular flexibility index (Phi) is 4.23. The van der Waals surface area contributed by atoms with Gasteiger partial charge in [-0.15, -0.1) is 0 Å². The van der Waals surface area contributed by atoms with E-state index in [1.807, 2.05) is 36.4 Å². The second-order valence-electron chi connectivity index (χ2n) is 5.32. The zero-order valence-electron chi connectivity index (χ0n) is 12.0. The SMILES string of the molecule is NC1CCCc2ccc(OCC#Cc3ccccc3)cc21. The molecule has 1 aliphatic carbocycles. The average molecular weight is 277 g/mol. The van der Waals surface area contributed by atoms with Crippen molar-refractivity contribution in [1.82, 2.24) is 0 Å². The highest BCUT2D eigenvalue weighted by Gasteiger charge is 2.16. The summed E-state index contributed by atoms with van der Waals surface area (Å²) >= 11 is 0. The van der Waals surface area contributed by atoms with Gasteiger partial charge in [0.1, 0.15) is 12.4 Å². The van der Waals surface area contributed by atoms with E-state index >= 15 is 0 Å². The van der Waals surface area contributed by atoms with Gasteiger partial charge in [-0.3, -0.25) is 0 Å². The van der Waals surface area contributed by atoms with Crippen LogP contribution in [0.1, 0.15) is 35.6 Å². The van der Waals surface area contributed by atoms with Crippen LogP contribution in [0.2, 0.25) is 0 Å². The summed E-state index contributed by atoms with van der Waals surface area (Å²) in [6.07, 6.45) is 3.36. The molecule has 0 amide bonds. The molecular formula is C19H19NO. The summed E-state index contributed by atoms with van der Waals surface area (Å²) in [5, 5.41) is 0. The molecule has 2 aromatic rings. The monoisotopic (exact) mass is 277 g/mol. The van der Waals surface area contributed by atoms with E-state index in [2.05, 4.69) is 24.0 Å². The third kappa shape index (κ3) is 3.45. The number of rotatable bonds is 2. The van der Waals surface area contributed by atoms with Gasteiger partial charge in [0, 0.05) is 11.6 Å². The van der Waals surface area contributed by atoms with Crippen LogP contribution in [0.3, 0.4) is 0 Å². The van der Waals surface area contributed by atoms with Crippen molar-refractivity contribution >= 4 is 0 Å². The van der Waals surface area contributed by atoms with E-state index in [1.54, 1.807) is 0 Å². The predicted molar refractivity (Wildman–Crippen MR) is 85.1 cm³/mol. The van der Waals surface area contributed by atoms with Gasteiger partial charge in [0.2, 0.25) is 0 Å². The number of ether oxygens (including phenoxy) is 1. The van der Waals surface area contributed by atoms with Crippen molar-refractivity contribution in [2.45, 2.75) is 25.3 Å². The summed E-state index contributed by atoms with van der Waals surface area (Å²) in [6.45, 7) is 0.392. The van der Waals surface area contributed by atoms with Gasteiger partial charge in [-0.2, -0.15) is 0 Å². The quantitative estimate of drug-likeness (QED) is 0.853. The highest BCUT2D eigenvalue weighted by atomic mass is 16.5. The molecule has 0 aliphatic heterocycles. The third-order valence-corrected chi connectivity index (χ3v) is 3.80. The van der Waals surface area contributed by atoms with Crippen LogP contribution in [0.25, 0.3) is 0 Å². The summed E-state index contributed by atoms with van der Waals surface area (Å²) in [5.41, 5.74) is 9.76. The topological polar surface area (TPSA) is 35.2 Å². The zero-order chi connectivity index (χ0) is 14.5. The normalized spacial score (nSPS) is 16.5. The fourth-order valence-corrected chi connectivity index (χ4v) is 2.68. The van der Waals surface area contributed by atoms with Crippen LogP contribution in [0.5, 0.6) is 5.75 Å². The molecule has 0 spiro atoms. The second kappa shape index (κ2) is 6.47. The molecule has 2 nitrogen and oxygen atoms in total. The van der Waals surface area contributed by atoms with Crippen LogP contribution in [0, 0.1) is 11.8 Å². The van der Waals surface area contributed by atoms with E-state index in [4.69, 9.17) is 10.5 Å². The molecule has 0 bridgehead atoms. The largest absolute Gasteiger partial charge is 0.481 e. The fraction of sp³-hybridized carbons (Fsp3) is 0.263. The standard InChI is InChI=1S/C19H19NO/c20-19-10-4-9-16-11-12-17(14-18(16)19)21-13-5-8-15-6-2-1-3-7-15/h1-3,6-7,11-12,14,19H,4,9-10,13,20H2. The van der Waals surface area contributed by atoms with Crippen LogP contribution in [0.4, 0.5) is 0 Å². The lowest BCUT2D eigenvalue weighted by Crippen LogP contribution is -2.17. The van der Waals surface area contributed by atoms with E-state index < -0.39 is 0 Å². The number of nitrogens with two attached hydrogens (primary N) is 1. The smallest absolute Gasteiger partial charge is 0.149 e. The Hall–Kier alpha value is -2.24. The van der Waals surface area contributed by atoms with Crippen LogP contribution < -0.4 is 10.5 Å². The molecule has 0 saturated heterocycles. The molecule has 21 heavy (non-hydrogen) atoms. The molecule has 0 aromatic heterocycles. The number of benzene rings is 2. The van der Waals surface area contributed by atoms with Gasteiger partial charge in [0.25, 0.3) is 0 Å². The van der Waals surface area contributed by atoms with E-state index in [-0.39, 0.29) is 6.04 Å². The van der Waals surface area contributed by atoms with E-state index in [1.165, 1.54) is 17.5 Å². The van der Waals surface area contributed by atoms with Crippen LogP contribution in [-0.2, 0) is 6.42 Å². The molecular weight excluding hydrogens is 258 g/mol. The first-order valence-corrected chi connectivity index (χ1v) is 7.38. The average Bonchev–Trinajstić information content (AvgIpc) is 2.53. The van der Waals surface area contributed by atoms with Crippen molar-refractivity contribution in [3.05, 3.63) is 65.2 Å². The second-order valence-corrected chi connectivity index (χ2v) is 5.32. The lowest BCUT2D eigenvalue weighted by Gasteiger charge is -2.22. The van der Waals surface area contributed by atoms with Gasteiger partial charge in [-0.25, -0.2) is 0 Å². The molecule has 3 rings (SSSR count). The maximum absolute atomic E-state index is 6.16. The van der Waals surface area contributed by atoms with Crippen molar-refractivity contribution in [3.8, 4) is 17.6 Å². The number of hydrogen-bond acceptors (Lipinski definition) is 2. The molecule has 0 heterocycles. The van der Waals surface area contributed by atoms with Crippen molar-refractivity contribution in [3.63, 3.8) is 0 Å². The molecule has 1 aliphatic rings. The Bertz CT molecular complexity index is 667. The minimum absolute atomic E-state index is 0.146. The van der Waals surface area contributed by atoms with Crippen molar-refractivity contribution in [2.75, 3.05) is 6.61 Å². The molecule has 0 radical (unpaired) electrons. The van der Waals surface area contributed by atoms with E-state index in [0.29, 0.717) is 6.61 Å². The summed E-state index contributed by atoms with van der Waals surface area (Å²) in [6, 6.07) is 16.3. The lowest BCUT2D eigenvalue weighted by molar-refractivity contribution is 0.368. The van der Waals surface area contributed by atoms with Crippen molar-refractivity contribution < 1.29 is 4.74 Å². The molecule has 2 N–H and O–H groups in total. The lowest BCUT2D eigenvalue weighted by atomic mass is 9.88. The van der Waals surface area contributed by atoms with Gasteiger partial charge in [0.15, 0.2) is 0 Å². The van der Waals surface area contributed by atoms with Gasteiger partial charge in [0.05, 0.1) is 0 Å². The first kappa shape index (κ1) is 13.7. The minimum Gasteiger partial charge on any atom is -0.481 e. The summed E-state index contributed by atoms with van der Waals surface area (Å²) in [4.78, 5) is 0. The van der Waals surface area contributed by atoms with Crippen molar-refractivity contribution in [1.29, 1.82) is 0 Å². The van der Waals surface area contributed by atoms with Crippen LogP contribution in [0.15, 0.2) is 48.5 Å². The van der Waals surface area contributed by atoms with Gasteiger partial charge < -0.3 is 10.5 Å². The summed E-state index contributed by atoms with van der Waals surface area (Å²) < 4.78 is 5.71. The van der Waals surface area contributed by atoms with Gasteiger partial charge in [-0.05, 0) is 54.7 Å². The zero-order valence-corrected chi connectivity index (χ0v) is 12.0. The molecule has 2 aromatic carbocycles. The molecule has 1 unspecified atom stereocenters. The van der Waals surface area contributed by atoms with E-state index in [9.17, 15) is 0 Å². The van der Waals surface area contributed by atoms with E-state index in [0.717, 1.165) is 24.2 Å². The first-order valence-electron chi connectivity index (χ1n) is 7.38. The van der Waals surface area contributed by atoms with Gasteiger partial charge in [-0.1, -0.05) is 36.1 Å². The first-order chi connectivity index (χ1) is 10.3. The molecule has 1 atom stereocenters. The Labute approximate surface area is 125 Å². The van der Waals surface area contributed by atoms with Crippen LogP contribution >= 0.6 is 0 Å². The predicted octanol–water partition coefficient (Wildman–Crippen LogP) is 3.45. The minimum atomic E-state index is 0.146. The Balaban J connectivity index is 1.64. The number of fused-ring (bicyclic) bond motifs is 1. The third-order valence-electron chi connectivity index (χ3n) is 3.80. The highest BCUT2D eigenvalue weighted by molar-refractivity contribution is 5.39. The van der Waals surface area contributed by atoms with Crippen molar-refractivity contribution in [2.24, 2.45) is 5.73 Å². The Morgan fingerprint density at radius 3 is 2.86 bits per heavy atom. The molecule has 106 valence electrons. The summed E-state index contributed by atoms with van der Waals surface area (Å²) in [7, 11) is 0. The fourth-order valence-electron chi connectivity index (χ4n) is 2.68. The summed E-state index contributed by atoms with van der Waals surface area (Å²) in [5.74, 6) is 6.98. The van der Waals surface area contributed by atoms with Crippen LogP contribution in [-0.4, -0.2) is 6.61 Å². The molecule has 0 fully saturated rings. The maximum atomic E-state index is 6.16.